The van der Waals surface area contributed by atoms with Crippen LogP contribution in [-0.2, 0) is 6.42 Å². The van der Waals surface area contributed by atoms with Crippen molar-refractivity contribution in [2.45, 2.75) is 13.3 Å². The average molecular weight is 221 g/mol. The highest BCUT2D eigenvalue weighted by Gasteiger charge is 2.04. The number of hydrogen-bond donors (Lipinski definition) is 2. The topological polar surface area (TPSA) is 49.3 Å². The van der Waals surface area contributed by atoms with Gasteiger partial charge in [0.15, 0.2) is 0 Å². The molecule has 15 heavy (non-hydrogen) atoms. The van der Waals surface area contributed by atoms with Crippen molar-refractivity contribution < 1.29 is 5.21 Å². The first-order valence-electron chi connectivity index (χ1n) is 4.70. The lowest BCUT2D eigenvalue weighted by molar-refractivity contribution is 0.388. The zero-order valence-electron chi connectivity index (χ0n) is 8.28. The number of benzene rings is 1. The van der Waals surface area contributed by atoms with E-state index in [2.05, 4.69) is 0 Å². The predicted octanol–water partition coefficient (Wildman–Crippen LogP) is 2.62. The van der Waals surface area contributed by atoms with E-state index in [4.69, 9.17) is 5.21 Å². The zero-order valence-corrected chi connectivity index (χ0v) is 9.10. The molecule has 0 aliphatic carbocycles. The van der Waals surface area contributed by atoms with Crippen LogP contribution in [0, 0.1) is 0 Å². The largest absolute Gasteiger partial charge is 0.291 e. The lowest BCUT2D eigenvalue weighted by Gasteiger charge is -2.02. The van der Waals surface area contributed by atoms with Gasteiger partial charge in [-0.1, -0.05) is 13.0 Å². The van der Waals surface area contributed by atoms with Gasteiger partial charge in [-0.2, -0.15) is 0 Å². The molecule has 0 spiro atoms. The highest BCUT2D eigenvalue weighted by atomic mass is 32.1. The van der Waals surface area contributed by atoms with Gasteiger partial charge in [-0.15, -0.1) is 11.3 Å². The van der Waals surface area contributed by atoms with Crippen molar-refractivity contribution in [2.24, 2.45) is 0 Å². The smallest absolute Gasteiger partial charge is 0.213 e. The maximum atomic E-state index is 11.8. The molecule has 1 heterocycles. The minimum atomic E-state index is -0.151. The summed E-state index contributed by atoms with van der Waals surface area (Å²) in [7, 11) is 0. The fourth-order valence-corrected chi connectivity index (χ4v) is 2.31. The van der Waals surface area contributed by atoms with Gasteiger partial charge in [0.05, 0.1) is 0 Å². The lowest BCUT2D eigenvalue weighted by Crippen LogP contribution is -2.07. The van der Waals surface area contributed by atoms with E-state index in [0.717, 1.165) is 16.7 Å². The van der Waals surface area contributed by atoms with E-state index in [1.165, 1.54) is 11.3 Å². The van der Waals surface area contributed by atoms with E-state index in [-0.39, 0.29) is 11.1 Å². The van der Waals surface area contributed by atoms with Crippen LogP contribution in [0.25, 0.3) is 10.1 Å². The number of fused-ring (bicyclic) bond motifs is 1. The third kappa shape index (κ3) is 1.73. The van der Waals surface area contributed by atoms with E-state index in [0.29, 0.717) is 5.39 Å². The van der Waals surface area contributed by atoms with Crippen LogP contribution in [0.15, 0.2) is 28.4 Å². The van der Waals surface area contributed by atoms with Crippen molar-refractivity contribution in [2.75, 3.05) is 5.48 Å². The molecule has 0 saturated carbocycles. The highest BCUT2D eigenvalue weighted by Crippen LogP contribution is 2.20. The molecule has 0 atom stereocenters. The van der Waals surface area contributed by atoms with Gasteiger partial charge in [-0.3, -0.25) is 15.5 Å². The van der Waals surface area contributed by atoms with Crippen LogP contribution in [0.5, 0.6) is 0 Å². The summed E-state index contributed by atoms with van der Waals surface area (Å²) in [5.41, 5.74) is 3.13. The third-order valence-electron chi connectivity index (χ3n) is 2.37. The Morgan fingerprint density at radius 1 is 1.47 bits per heavy atom. The number of nitrogens with one attached hydrogen (secondary N) is 1. The molecule has 1 aromatic heterocycles. The summed E-state index contributed by atoms with van der Waals surface area (Å²) in [5.74, 6) is 0. The summed E-state index contributed by atoms with van der Waals surface area (Å²) < 4.78 is 0.941. The summed E-state index contributed by atoms with van der Waals surface area (Å²) in [4.78, 5) is 11.8. The molecule has 4 heteroatoms. The van der Waals surface area contributed by atoms with Crippen molar-refractivity contribution in [1.29, 1.82) is 0 Å². The van der Waals surface area contributed by atoms with Crippen molar-refractivity contribution in [3.05, 3.63) is 39.4 Å². The molecule has 1 aromatic carbocycles. The summed E-state index contributed by atoms with van der Waals surface area (Å²) in [6.07, 6.45) is 0.900. The van der Waals surface area contributed by atoms with Crippen molar-refractivity contribution >= 4 is 27.1 Å². The van der Waals surface area contributed by atoms with Gasteiger partial charge in [0.1, 0.15) is 5.69 Å². The summed E-state index contributed by atoms with van der Waals surface area (Å²) >= 11 is 1.44. The Balaban J connectivity index is 2.78. The van der Waals surface area contributed by atoms with Crippen LogP contribution in [0.1, 0.15) is 12.5 Å². The second-order valence-corrected chi connectivity index (χ2v) is 4.19. The van der Waals surface area contributed by atoms with Crippen LogP contribution >= 0.6 is 11.3 Å². The highest BCUT2D eigenvalue weighted by molar-refractivity contribution is 7.16. The molecule has 0 amide bonds. The Bertz CT molecular complexity index is 543. The van der Waals surface area contributed by atoms with Gasteiger partial charge in [0, 0.05) is 15.5 Å². The van der Waals surface area contributed by atoms with E-state index in [9.17, 15) is 4.79 Å². The molecular weight excluding hydrogens is 210 g/mol. The van der Waals surface area contributed by atoms with Gasteiger partial charge in [-0.25, -0.2) is 0 Å². The molecule has 78 valence electrons. The first kappa shape index (κ1) is 10.1. The maximum absolute atomic E-state index is 11.8. The van der Waals surface area contributed by atoms with Gasteiger partial charge in [0.2, 0.25) is 5.43 Å². The van der Waals surface area contributed by atoms with Crippen molar-refractivity contribution in [3.8, 4) is 0 Å². The van der Waals surface area contributed by atoms with E-state index < -0.39 is 0 Å². The lowest BCUT2D eigenvalue weighted by atomic mass is 10.1. The predicted molar refractivity (Wildman–Crippen MR) is 62.9 cm³/mol. The summed E-state index contributed by atoms with van der Waals surface area (Å²) in [6.45, 7) is 2.04. The standard InChI is InChI=1S/C11H11NO2S/c1-2-7-3-4-10-8(5-7)11(13)9(12-14)6-15-10/h3-6,12,14H,2H2,1H3. The Morgan fingerprint density at radius 2 is 2.27 bits per heavy atom. The molecule has 0 unspecified atom stereocenters. The second-order valence-electron chi connectivity index (χ2n) is 3.27. The molecule has 0 radical (unpaired) electrons. The fourth-order valence-electron chi connectivity index (χ4n) is 1.48. The molecule has 0 aliphatic rings. The van der Waals surface area contributed by atoms with Crippen LogP contribution in [0.4, 0.5) is 5.69 Å². The van der Waals surface area contributed by atoms with E-state index in [1.54, 1.807) is 5.38 Å². The molecule has 2 aromatic rings. The Morgan fingerprint density at radius 3 is 2.93 bits per heavy atom. The molecule has 3 nitrogen and oxygen atoms in total. The minimum Gasteiger partial charge on any atom is -0.291 e. The number of aryl methyl sites for hydroxylation is 1. The van der Waals surface area contributed by atoms with Gasteiger partial charge in [0.25, 0.3) is 0 Å². The van der Waals surface area contributed by atoms with Crippen LogP contribution < -0.4 is 10.9 Å². The second kappa shape index (κ2) is 4.00. The molecule has 0 bridgehead atoms. The number of anilines is 1. The molecule has 0 fully saturated rings. The average Bonchev–Trinajstić information content (AvgIpc) is 2.29. The molecule has 2 N–H and O–H groups in total. The van der Waals surface area contributed by atoms with Crippen molar-refractivity contribution in [3.63, 3.8) is 0 Å². The molecule has 0 saturated heterocycles. The van der Waals surface area contributed by atoms with E-state index in [1.807, 2.05) is 30.6 Å². The van der Waals surface area contributed by atoms with Crippen LogP contribution in [-0.4, -0.2) is 5.21 Å². The number of rotatable bonds is 2. The first-order chi connectivity index (χ1) is 7.26. The van der Waals surface area contributed by atoms with Crippen LogP contribution in [0.2, 0.25) is 0 Å². The third-order valence-corrected chi connectivity index (χ3v) is 3.33. The SMILES string of the molecule is CCc1ccc2scc(NO)c(=O)c2c1. The Hall–Kier alpha value is -1.39. The van der Waals surface area contributed by atoms with Gasteiger partial charge < -0.3 is 0 Å². The fraction of sp³-hybridized carbons (Fsp3) is 0.182. The maximum Gasteiger partial charge on any atom is 0.213 e. The molecule has 2 rings (SSSR count). The zero-order chi connectivity index (χ0) is 10.8. The van der Waals surface area contributed by atoms with E-state index >= 15 is 0 Å². The molecular formula is C11H11NO2S. The summed E-state index contributed by atoms with van der Waals surface area (Å²) in [6, 6.07) is 5.85. The quantitative estimate of drug-likeness (QED) is 0.766. The Kier molecular flexibility index (Phi) is 2.70. The Labute approximate surface area is 91.0 Å². The van der Waals surface area contributed by atoms with Gasteiger partial charge >= 0.3 is 0 Å². The minimum absolute atomic E-state index is 0.151. The normalized spacial score (nSPS) is 10.5. The molecule has 0 aliphatic heterocycles. The van der Waals surface area contributed by atoms with Gasteiger partial charge in [-0.05, 0) is 24.1 Å². The number of hydrogen-bond acceptors (Lipinski definition) is 4. The van der Waals surface area contributed by atoms with Crippen molar-refractivity contribution in [1.82, 2.24) is 0 Å². The first-order valence-corrected chi connectivity index (χ1v) is 5.58. The summed E-state index contributed by atoms with van der Waals surface area (Å²) in [5, 5.41) is 11.0. The monoisotopic (exact) mass is 221 g/mol. The van der Waals surface area contributed by atoms with Crippen LogP contribution in [0.3, 0.4) is 0 Å².